The molecule has 0 unspecified atom stereocenters. The quantitative estimate of drug-likeness (QED) is 0.758. The second-order valence-electron chi connectivity index (χ2n) is 6.03. The van der Waals surface area contributed by atoms with E-state index in [4.69, 9.17) is 9.52 Å². The van der Waals surface area contributed by atoms with Crippen LogP contribution in [0.2, 0.25) is 0 Å². The second-order valence-corrected chi connectivity index (χ2v) is 6.03. The number of rotatable bonds is 3. The van der Waals surface area contributed by atoms with Crippen molar-refractivity contribution < 1.29 is 14.3 Å². The number of carboxylic acid groups (broad SMARTS) is 1. The molecule has 3 rings (SSSR count). The van der Waals surface area contributed by atoms with Gasteiger partial charge in [0.15, 0.2) is 5.43 Å². The Morgan fingerprint density at radius 2 is 2.08 bits per heavy atom. The molecule has 0 bridgehead atoms. The zero-order valence-corrected chi connectivity index (χ0v) is 14.2. The van der Waals surface area contributed by atoms with E-state index in [1.54, 1.807) is 38.4 Å². The van der Waals surface area contributed by atoms with Gasteiger partial charge in [-0.25, -0.2) is 4.79 Å². The van der Waals surface area contributed by atoms with Gasteiger partial charge in [-0.3, -0.25) is 9.78 Å². The number of benzene rings is 1. The third kappa shape index (κ3) is 3.10. The van der Waals surface area contributed by atoms with E-state index in [9.17, 15) is 9.59 Å². The minimum atomic E-state index is -1.14. The minimum Gasteiger partial charge on any atom is -0.465 e. The normalized spacial score (nSPS) is 12.1. The average molecular weight is 338 g/mol. The Kier molecular flexibility index (Phi) is 4.27. The van der Waals surface area contributed by atoms with Gasteiger partial charge in [-0.2, -0.15) is 0 Å². The van der Waals surface area contributed by atoms with Crippen LogP contribution in [-0.2, 0) is 0 Å². The SMILES string of the molecule is Cc1cc([C@@H](C)NC(=O)O)c2oc(-c3cccnc3)c(C)c(=O)c2c1. The zero-order valence-electron chi connectivity index (χ0n) is 14.2. The standard InChI is InChI=1S/C19H18N2O4/c1-10-7-14(12(3)21-19(23)24)18-15(8-10)16(22)11(2)17(25-18)13-5-4-6-20-9-13/h4-9,12,21H,1-3H3,(H,23,24)/t12-/m1/s1. The molecule has 1 aromatic carbocycles. The number of aromatic nitrogens is 1. The van der Waals surface area contributed by atoms with Gasteiger partial charge in [-0.05, 0) is 44.5 Å². The van der Waals surface area contributed by atoms with E-state index in [1.165, 1.54) is 0 Å². The smallest absolute Gasteiger partial charge is 0.405 e. The van der Waals surface area contributed by atoms with Crippen LogP contribution in [0.3, 0.4) is 0 Å². The van der Waals surface area contributed by atoms with Gasteiger partial charge in [0.1, 0.15) is 11.3 Å². The molecule has 0 aliphatic carbocycles. The topological polar surface area (TPSA) is 92.4 Å². The lowest BCUT2D eigenvalue weighted by Crippen LogP contribution is -2.25. The van der Waals surface area contributed by atoms with Crippen LogP contribution in [0.1, 0.15) is 29.7 Å². The number of hydrogen-bond donors (Lipinski definition) is 2. The van der Waals surface area contributed by atoms with E-state index in [-0.39, 0.29) is 5.43 Å². The van der Waals surface area contributed by atoms with E-state index in [1.807, 2.05) is 19.1 Å². The Hall–Kier alpha value is -3.15. The molecule has 0 fully saturated rings. The van der Waals surface area contributed by atoms with Crippen molar-refractivity contribution in [3.63, 3.8) is 0 Å². The molecule has 3 aromatic rings. The van der Waals surface area contributed by atoms with Gasteiger partial charge >= 0.3 is 6.09 Å². The minimum absolute atomic E-state index is 0.132. The first-order chi connectivity index (χ1) is 11.9. The van der Waals surface area contributed by atoms with Crippen molar-refractivity contribution in [2.75, 3.05) is 0 Å². The van der Waals surface area contributed by atoms with E-state index in [2.05, 4.69) is 10.3 Å². The van der Waals surface area contributed by atoms with E-state index in [0.717, 1.165) is 5.56 Å². The van der Waals surface area contributed by atoms with E-state index in [0.29, 0.717) is 33.4 Å². The number of nitrogens with one attached hydrogen (secondary N) is 1. The fraction of sp³-hybridized carbons (Fsp3) is 0.211. The molecule has 6 heteroatoms. The highest BCUT2D eigenvalue weighted by atomic mass is 16.4. The molecule has 25 heavy (non-hydrogen) atoms. The van der Waals surface area contributed by atoms with Crippen LogP contribution in [-0.4, -0.2) is 16.2 Å². The van der Waals surface area contributed by atoms with Crippen molar-refractivity contribution in [2.45, 2.75) is 26.8 Å². The molecular formula is C19H18N2O4. The molecule has 0 aliphatic rings. The summed E-state index contributed by atoms with van der Waals surface area (Å²) in [6, 6.07) is 6.65. The Bertz CT molecular complexity index is 1010. The Labute approximate surface area is 144 Å². The lowest BCUT2D eigenvalue weighted by Gasteiger charge is -2.16. The molecule has 0 aliphatic heterocycles. The molecule has 0 spiro atoms. The molecule has 1 atom stereocenters. The summed E-state index contributed by atoms with van der Waals surface area (Å²) >= 11 is 0. The molecule has 128 valence electrons. The predicted molar refractivity (Wildman–Crippen MR) is 94.8 cm³/mol. The van der Waals surface area contributed by atoms with Crippen LogP contribution in [0, 0.1) is 13.8 Å². The Balaban J connectivity index is 2.33. The van der Waals surface area contributed by atoms with E-state index >= 15 is 0 Å². The fourth-order valence-corrected chi connectivity index (χ4v) is 2.92. The summed E-state index contributed by atoms with van der Waals surface area (Å²) in [6.07, 6.45) is 2.14. The molecule has 0 saturated heterocycles. The molecule has 0 radical (unpaired) electrons. The molecular weight excluding hydrogens is 320 g/mol. The first-order valence-electron chi connectivity index (χ1n) is 7.86. The van der Waals surface area contributed by atoms with Gasteiger partial charge in [0.25, 0.3) is 0 Å². The van der Waals surface area contributed by atoms with Gasteiger partial charge in [0, 0.05) is 29.1 Å². The number of hydrogen-bond acceptors (Lipinski definition) is 4. The first-order valence-corrected chi connectivity index (χ1v) is 7.86. The number of fused-ring (bicyclic) bond motifs is 1. The number of pyridine rings is 1. The highest BCUT2D eigenvalue weighted by molar-refractivity contribution is 5.84. The van der Waals surface area contributed by atoms with Gasteiger partial charge in [0.2, 0.25) is 0 Å². The molecule has 0 saturated carbocycles. The first kappa shape index (κ1) is 16.7. The average Bonchev–Trinajstić information content (AvgIpc) is 2.58. The maximum absolute atomic E-state index is 12.9. The predicted octanol–water partition coefficient (Wildman–Crippen LogP) is 3.80. The van der Waals surface area contributed by atoms with Crippen molar-refractivity contribution in [3.05, 3.63) is 63.6 Å². The maximum atomic E-state index is 12.9. The summed E-state index contributed by atoms with van der Waals surface area (Å²) in [5.74, 6) is 0.443. The summed E-state index contributed by atoms with van der Waals surface area (Å²) < 4.78 is 6.08. The third-order valence-electron chi connectivity index (χ3n) is 4.12. The van der Waals surface area contributed by atoms with Crippen molar-refractivity contribution in [2.24, 2.45) is 0 Å². The van der Waals surface area contributed by atoms with Crippen LogP contribution < -0.4 is 10.7 Å². The van der Waals surface area contributed by atoms with Crippen molar-refractivity contribution >= 4 is 17.1 Å². The molecule has 2 aromatic heterocycles. The Morgan fingerprint density at radius 3 is 2.72 bits per heavy atom. The summed E-state index contributed by atoms with van der Waals surface area (Å²) in [5.41, 5.74) is 2.94. The second kappa shape index (κ2) is 6.39. The van der Waals surface area contributed by atoms with Crippen LogP contribution in [0.5, 0.6) is 0 Å². The van der Waals surface area contributed by atoms with Crippen LogP contribution in [0.25, 0.3) is 22.3 Å². The number of amides is 1. The van der Waals surface area contributed by atoms with Gasteiger partial charge < -0.3 is 14.8 Å². The van der Waals surface area contributed by atoms with Crippen LogP contribution in [0.4, 0.5) is 4.79 Å². The Morgan fingerprint density at radius 1 is 1.32 bits per heavy atom. The third-order valence-corrected chi connectivity index (χ3v) is 4.12. The summed E-state index contributed by atoms with van der Waals surface area (Å²) in [6.45, 7) is 5.29. The number of carbonyl (C=O) groups is 1. The largest absolute Gasteiger partial charge is 0.465 e. The fourth-order valence-electron chi connectivity index (χ4n) is 2.92. The lowest BCUT2D eigenvalue weighted by molar-refractivity contribution is 0.191. The number of nitrogens with zero attached hydrogens (tertiary/aromatic N) is 1. The molecule has 2 N–H and O–H groups in total. The zero-order chi connectivity index (χ0) is 18.1. The maximum Gasteiger partial charge on any atom is 0.405 e. The molecule has 2 heterocycles. The van der Waals surface area contributed by atoms with Crippen LogP contribution in [0.15, 0.2) is 45.9 Å². The number of aryl methyl sites for hydroxylation is 1. The summed E-state index contributed by atoms with van der Waals surface area (Å²) in [4.78, 5) is 27.9. The monoisotopic (exact) mass is 338 g/mol. The van der Waals surface area contributed by atoms with Crippen molar-refractivity contribution in [1.29, 1.82) is 0 Å². The highest BCUT2D eigenvalue weighted by Gasteiger charge is 2.19. The van der Waals surface area contributed by atoms with Gasteiger partial charge in [-0.15, -0.1) is 0 Å². The highest BCUT2D eigenvalue weighted by Crippen LogP contribution is 2.30. The lowest BCUT2D eigenvalue weighted by atomic mass is 9.99. The van der Waals surface area contributed by atoms with Gasteiger partial charge in [0.05, 0.1) is 11.4 Å². The van der Waals surface area contributed by atoms with Gasteiger partial charge in [-0.1, -0.05) is 6.07 Å². The molecule has 6 nitrogen and oxygen atoms in total. The summed E-state index contributed by atoms with van der Waals surface area (Å²) in [5, 5.41) is 11.9. The summed E-state index contributed by atoms with van der Waals surface area (Å²) in [7, 11) is 0. The molecule has 1 amide bonds. The van der Waals surface area contributed by atoms with Crippen molar-refractivity contribution in [1.82, 2.24) is 10.3 Å². The van der Waals surface area contributed by atoms with Crippen molar-refractivity contribution in [3.8, 4) is 11.3 Å². The van der Waals surface area contributed by atoms with Crippen LogP contribution >= 0.6 is 0 Å². The van der Waals surface area contributed by atoms with E-state index < -0.39 is 12.1 Å².